The summed E-state index contributed by atoms with van der Waals surface area (Å²) in [5, 5.41) is 0. The van der Waals surface area contributed by atoms with Crippen LogP contribution in [-0.4, -0.2) is 0 Å². The second kappa shape index (κ2) is 7.27. The molecular formula is C19H18O3V. The first-order valence-electron chi connectivity index (χ1n) is 7.34. The minimum atomic E-state index is -3.37. The van der Waals surface area contributed by atoms with Crippen molar-refractivity contribution in [2.75, 3.05) is 0 Å². The van der Waals surface area contributed by atoms with Crippen molar-refractivity contribution in [2.45, 2.75) is 5.64 Å². The summed E-state index contributed by atoms with van der Waals surface area (Å²) in [5.41, 5.74) is 1.92. The Labute approximate surface area is 140 Å². The van der Waals surface area contributed by atoms with E-state index in [1.807, 2.05) is 96.6 Å². The third kappa shape index (κ3) is 4.55. The van der Waals surface area contributed by atoms with Gasteiger partial charge in [0.1, 0.15) is 0 Å². The first-order chi connectivity index (χ1) is 11.2. The summed E-state index contributed by atoms with van der Waals surface area (Å²) < 4.78 is 18.4. The van der Waals surface area contributed by atoms with Crippen molar-refractivity contribution in [3.05, 3.63) is 91.0 Å². The molecule has 0 aromatic heterocycles. The molecule has 3 rings (SSSR count). The Hall–Kier alpha value is -2.36. The summed E-state index contributed by atoms with van der Waals surface area (Å²) in [5.74, 6) is 2.23. The predicted octanol–water partition coefficient (Wildman–Crippen LogP) is 5.17. The van der Waals surface area contributed by atoms with Crippen molar-refractivity contribution in [2.24, 2.45) is 0 Å². The summed E-state index contributed by atoms with van der Waals surface area (Å²) in [6.07, 6.45) is 0. The Morgan fingerprint density at radius 2 is 0.739 bits per heavy atom. The Kier molecular flexibility index (Phi) is 4.91. The topological polar surface area (TPSA) is 27.7 Å². The normalized spacial score (nSPS) is 10.8. The monoisotopic (exact) mass is 345 g/mol. The maximum atomic E-state index is 6.14. The van der Waals surface area contributed by atoms with Crippen molar-refractivity contribution in [1.29, 1.82) is 0 Å². The minimum absolute atomic E-state index is 0.745. The average molecular weight is 345 g/mol. The van der Waals surface area contributed by atoms with Gasteiger partial charge in [0.25, 0.3) is 0 Å². The van der Waals surface area contributed by atoms with E-state index in [0.717, 1.165) is 17.2 Å². The van der Waals surface area contributed by atoms with Crippen LogP contribution in [0.1, 0.15) is 0 Å². The predicted molar refractivity (Wildman–Crippen MR) is 87.1 cm³/mol. The third-order valence-electron chi connectivity index (χ3n) is 3.04. The molecule has 3 aromatic carbocycles. The van der Waals surface area contributed by atoms with Gasteiger partial charge in [0.05, 0.1) is 0 Å². The molecule has 3 aromatic rings. The number of rotatable bonds is 6. The Morgan fingerprint density at radius 3 is 1.00 bits per heavy atom. The molecule has 0 aliphatic heterocycles. The van der Waals surface area contributed by atoms with Crippen molar-refractivity contribution >= 4 is 0 Å². The van der Waals surface area contributed by atoms with Gasteiger partial charge in [0.2, 0.25) is 0 Å². The van der Waals surface area contributed by atoms with Gasteiger partial charge in [-0.05, 0) is 0 Å². The fourth-order valence-electron chi connectivity index (χ4n) is 2.07. The quantitative estimate of drug-likeness (QED) is 0.617. The van der Waals surface area contributed by atoms with Crippen molar-refractivity contribution in [3.63, 3.8) is 0 Å². The maximum absolute atomic E-state index is 6.14. The molecule has 0 unspecified atom stereocenters. The van der Waals surface area contributed by atoms with E-state index >= 15 is 0 Å². The zero-order chi connectivity index (χ0) is 16.0. The fourth-order valence-corrected chi connectivity index (χ4v) is 4.61. The Bertz CT molecular complexity index is 616. The molecule has 0 fully saturated rings. The molecule has 4 heteroatoms. The first-order valence-corrected chi connectivity index (χ1v) is 10.4. The Morgan fingerprint density at radius 1 is 0.478 bits per heavy atom. The van der Waals surface area contributed by atoms with E-state index in [-0.39, 0.29) is 0 Å². The van der Waals surface area contributed by atoms with Crippen LogP contribution in [0.3, 0.4) is 0 Å². The summed E-state index contributed by atoms with van der Waals surface area (Å²) >= 11 is -3.37. The molecule has 0 aliphatic carbocycles. The SMILES string of the molecule is [CH3][V]([O]c1ccccc1)([O]c1ccccc1)[O]c1ccccc1. The molecule has 0 atom stereocenters. The summed E-state index contributed by atoms with van der Waals surface area (Å²) in [6, 6.07) is 28.9. The van der Waals surface area contributed by atoms with Gasteiger partial charge in [-0.25, -0.2) is 0 Å². The van der Waals surface area contributed by atoms with Crippen molar-refractivity contribution in [3.8, 4) is 17.2 Å². The van der Waals surface area contributed by atoms with Crippen molar-refractivity contribution in [1.82, 2.24) is 0 Å². The van der Waals surface area contributed by atoms with Crippen LogP contribution < -0.4 is 11.0 Å². The summed E-state index contributed by atoms with van der Waals surface area (Å²) in [6.45, 7) is 0. The van der Waals surface area contributed by atoms with Crippen LogP contribution in [0.25, 0.3) is 0 Å². The molecule has 0 bridgehead atoms. The first kappa shape index (κ1) is 15.5. The van der Waals surface area contributed by atoms with E-state index in [4.69, 9.17) is 11.0 Å². The van der Waals surface area contributed by atoms with E-state index in [2.05, 4.69) is 0 Å². The van der Waals surface area contributed by atoms with E-state index in [1.54, 1.807) is 0 Å². The number of hydrogen-bond acceptors (Lipinski definition) is 3. The zero-order valence-corrected chi connectivity index (χ0v) is 14.2. The van der Waals surface area contributed by atoms with E-state index in [0.29, 0.717) is 0 Å². The average Bonchev–Trinajstić information content (AvgIpc) is 2.57. The van der Waals surface area contributed by atoms with Crippen LogP contribution >= 0.6 is 0 Å². The molecule has 23 heavy (non-hydrogen) atoms. The van der Waals surface area contributed by atoms with Crippen molar-refractivity contribution < 1.29 is 26.1 Å². The van der Waals surface area contributed by atoms with Gasteiger partial charge in [-0.1, -0.05) is 0 Å². The molecule has 0 amide bonds. The van der Waals surface area contributed by atoms with Crippen LogP contribution in [0, 0.1) is 0 Å². The molecule has 0 spiro atoms. The van der Waals surface area contributed by atoms with Gasteiger partial charge in [-0.15, -0.1) is 0 Å². The second-order valence-corrected chi connectivity index (χ2v) is 8.25. The third-order valence-corrected chi connectivity index (χ3v) is 5.58. The molecule has 117 valence electrons. The molecule has 3 nitrogen and oxygen atoms in total. The fraction of sp³-hybridized carbons (Fsp3) is 0.0526. The molecule has 0 saturated heterocycles. The van der Waals surface area contributed by atoms with Crippen LogP contribution in [0.4, 0.5) is 0 Å². The van der Waals surface area contributed by atoms with E-state index in [1.165, 1.54) is 0 Å². The van der Waals surface area contributed by atoms with Gasteiger partial charge in [0, 0.05) is 0 Å². The van der Waals surface area contributed by atoms with Crippen LogP contribution in [-0.2, 0) is 15.1 Å². The van der Waals surface area contributed by atoms with Crippen LogP contribution in [0.5, 0.6) is 17.2 Å². The molecule has 0 N–H and O–H groups in total. The molecule has 0 radical (unpaired) electrons. The van der Waals surface area contributed by atoms with Gasteiger partial charge < -0.3 is 0 Å². The van der Waals surface area contributed by atoms with Gasteiger partial charge in [0.15, 0.2) is 0 Å². The number of benzene rings is 3. The van der Waals surface area contributed by atoms with Gasteiger partial charge >= 0.3 is 140 Å². The number of hydrogen-bond donors (Lipinski definition) is 0. The molecule has 0 saturated carbocycles. The van der Waals surface area contributed by atoms with Crippen LogP contribution in [0.15, 0.2) is 91.0 Å². The molecule has 0 aliphatic rings. The molecule has 0 heterocycles. The van der Waals surface area contributed by atoms with Crippen LogP contribution in [0.2, 0.25) is 5.64 Å². The Balaban J connectivity index is 1.85. The molecular weight excluding hydrogens is 327 g/mol. The van der Waals surface area contributed by atoms with E-state index in [9.17, 15) is 0 Å². The van der Waals surface area contributed by atoms with Gasteiger partial charge in [-0.3, -0.25) is 0 Å². The summed E-state index contributed by atoms with van der Waals surface area (Å²) in [4.78, 5) is 0. The second-order valence-electron chi connectivity index (χ2n) is 4.98. The van der Waals surface area contributed by atoms with Gasteiger partial charge in [-0.2, -0.15) is 0 Å². The van der Waals surface area contributed by atoms with E-state index < -0.39 is 15.1 Å². The zero-order valence-electron chi connectivity index (χ0n) is 12.8. The summed E-state index contributed by atoms with van der Waals surface area (Å²) in [7, 11) is 0. The standard InChI is InChI=1S/3C6H6O.CH3.V/c3*7-6-4-2-1-3-5-6;;/h3*1-5,7H;1H3;/q;;;;+3/p-3. The number of para-hydroxylation sites is 3.